The van der Waals surface area contributed by atoms with Gasteiger partial charge in [-0.3, -0.25) is 10.1 Å². The highest BCUT2D eigenvalue weighted by atomic mass is 16.6. The summed E-state index contributed by atoms with van der Waals surface area (Å²) in [5, 5.41) is 11.0. The van der Waals surface area contributed by atoms with E-state index in [2.05, 4.69) is 58.0 Å². The molecule has 0 aliphatic carbocycles. The molecule has 0 atom stereocenters. The molecule has 0 saturated carbocycles. The molecule has 25 heavy (non-hydrogen) atoms. The van der Waals surface area contributed by atoms with E-state index in [1.807, 2.05) is 12.1 Å². The molecule has 134 valence electrons. The summed E-state index contributed by atoms with van der Waals surface area (Å²) in [5.41, 5.74) is 2.68. The average molecular weight is 339 g/mol. The lowest BCUT2D eigenvalue weighted by Gasteiger charge is -2.51. The van der Waals surface area contributed by atoms with Crippen LogP contribution in [0.1, 0.15) is 64.5 Å². The van der Waals surface area contributed by atoms with E-state index in [-0.39, 0.29) is 21.4 Å². The first-order chi connectivity index (χ1) is 12.0. The maximum Gasteiger partial charge on any atom is 0.269 e. The Hall–Kier alpha value is -2.16. The highest BCUT2D eigenvalue weighted by Crippen LogP contribution is 2.53. The van der Waals surface area contributed by atoms with Gasteiger partial charge in [0.1, 0.15) is 0 Å². The number of benzene rings is 2. The lowest BCUT2D eigenvalue weighted by atomic mass is 9.52. The standard InChI is InChI=1S/C22H29NO2/c1-5-21(6-2,18-12-10-9-11-13-18)22(7-3,8-4)19-14-16-20(17-15-19)23(24)25/h9-17H,5-8H2,1-4H3. The van der Waals surface area contributed by atoms with Crippen LogP contribution in [0.25, 0.3) is 0 Å². The lowest BCUT2D eigenvalue weighted by Crippen LogP contribution is -2.48. The Balaban J connectivity index is 2.69. The third kappa shape index (κ3) is 3.08. The topological polar surface area (TPSA) is 43.1 Å². The second-order valence-corrected chi connectivity index (χ2v) is 6.75. The summed E-state index contributed by atoms with van der Waals surface area (Å²) in [7, 11) is 0. The van der Waals surface area contributed by atoms with Crippen LogP contribution in [-0.2, 0) is 10.8 Å². The molecule has 0 N–H and O–H groups in total. The molecule has 0 unspecified atom stereocenters. The molecule has 0 spiro atoms. The van der Waals surface area contributed by atoms with E-state index < -0.39 is 0 Å². The van der Waals surface area contributed by atoms with Crippen LogP contribution >= 0.6 is 0 Å². The quantitative estimate of drug-likeness (QED) is 0.412. The first-order valence-electron chi connectivity index (χ1n) is 9.31. The summed E-state index contributed by atoms with van der Waals surface area (Å²) in [4.78, 5) is 10.7. The van der Waals surface area contributed by atoms with Gasteiger partial charge in [-0.2, -0.15) is 0 Å². The summed E-state index contributed by atoms with van der Waals surface area (Å²) in [5.74, 6) is 0. The molecule has 0 bridgehead atoms. The zero-order valence-corrected chi connectivity index (χ0v) is 15.8. The Morgan fingerprint density at radius 2 is 1.12 bits per heavy atom. The van der Waals surface area contributed by atoms with E-state index in [0.717, 1.165) is 25.7 Å². The molecule has 2 rings (SSSR count). The molecule has 0 aromatic heterocycles. The van der Waals surface area contributed by atoms with Crippen LogP contribution in [0.4, 0.5) is 5.69 Å². The Morgan fingerprint density at radius 3 is 1.48 bits per heavy atom. The van der Waals surface area contributed by atoms with Crippen molar-refractivity contribution in [2.45, 2.75) is 64.2 Å². The fourth-order valence-electron chi connectivity index (χ4n) is 4.88. The summed E-state index contributed by atoms with van der Waals surface area (Å²) >= 11 is 0. The zero-order chi connectivity index (χ0) is 18.5. The molecule has 0 radical (unpaired) electrons. The fourth-order valence-corrected chi connectivity index (χ4v) is 4.88. The van der Waals surface area contributed by atoms with Gasteiger partial charge in [-0.15, -0.1) is 0 Å². The van der Waals surface area contributed by atoms with Crippen molar-refractivity contribution in [3.05, 3.63) is 75.8 Å². The van der Waals surface area contributed by atoms with Gasteiger partial charge in [-0.25, -0.2) is 0 Å². The number of rotatable bonds is 8. The predicted octanol–water partition coefficient (Wildman–Crippen LogP) is 6.41. The van der Waals surface area contributed by atoms with Crippen LogP contribution in [-0.4, -0.2) is 4.92 Å². The molecule has 0 fully saturated rings. The van der Waals surface area contributed by atoms with Gasteiger partial charge in [0.2, 0.25) is 0 Å². The van der Waals surface area contributed by atoms with Crippen LogP contribution in [0.5, 0.6) is 0 Å². The SMILES string of the molecule is CCC(CC)(c1ccccc1)C(CC)(CC)c1ccc([N+](=O)[O-])cc1. The molecule has 3 nitrogen and oxygen atoms in total. The molecule has 0 aliphatic heterocycles. The molecule has 0 heterocycles. The zero-order valence-electron chi connectivity index (χ0n) is 15.8. The van der Waals surface area contributed by atoms with Gasteiger partial charge in [0.15, 0.2) is 0 Å². The number of hydrogen-bond acceptors (Lipinski definition) is 2. The summed E-state index contributed by atoms with van der Waals surface area (Å²) in [6.07, 6.45) is 4.06. The van der Waals surface area contributed by atoms with E-state index in [9.17, 15) is 10.1 Å². The monoisotopic (exact) mass is 339 g/mol. The molecule has 2 aromatic rings. The molecule has 0 amide bonds. The number of nitro benzene ring substituents is 1. The first-order valence-corrected chi connectivity index (χ1v) is 9.31. The van der Waals surface area contributed by atoms with Crippen LogP contribution in [0.15, 0.2) is 54.6 Å². The minimum absolute atomic E-state index is 0.00783. The van der Waals surface area contributed by atoms with Gasteiger partial charge in [0, 0.05) is 23.0 Å². The van der Waals surface area contributed by atoms with E-state index in [1.165, 1.54) is 11.1 Å². The maximum absolute atomic E-state index is 11.0. The van der Waals surface area contributed by atoms with E-state index in [4.69, 9.17) is 0 Å². The van der Waals surface area contributed by atoms with E-state index >= 15 is 0 Å². The highest BCUT2D eigenvalue weighted by Gasteiger charge is 2.48. The Bertz CT molecular complexity index is 684. The van der Waals surface area contributed by atoms with Gasteiger partial charge in [0.05, 0.1) is 4.92 Å². The van der Waals surface area contributed by atoms with Gasteiger partial charge >= 0.3 is 0 Å². The smallest absolute Gasteiger partial charge is 0.258 e. The van der Waals surface area contributed by atoms with Crippen molar-refractivity contribution in [2.24, 2.45) is 0 Å². The Morgan fingerprint density at radius 1 is 0.720 bits per heavy atom. The summed E-state index contributed by atoms with van der Waals surface area (Å²) < 4.78 is 0. The third-order valence-electron chi connectivity index (χ3n) is 6.29. The van der Waals surface area contributed by atoms with Crippen molar-refractivity contribution in [3.63, 3.8) is 0 Å². The number of nitro groups is 1. The molecule has 3 heteroatoms. The largest absolute Gasteiger partial charge is 0.269 e. The fraction of sp³-hybridized carbons (Fsp3) is 0.455. The second-order valence-electron chi connectivity index (χ2n) is 6.75. The maximum atomic E-state index is 11.0. The summed E-state index contributed by atoms with van der Waals surface area (Å²) in [6, 6.07) is 18.0. The van der Waals surface area contributed by atoms with Crippen LogP contribution in [0.2, 0.25) is 0 Å². The molecule has 0 saturated heterocycles. The molecule has 0 aliphatic rings. The molecular weight excluding hydrogens is 310 g/mol. The van der Waals surface area contributed by atoms with Gasteiger partial charge < -0.3 is 0 Å². The first kappa shape index (κ1) is 19.2. The predicted molar refractivity (Wildman–Crippen MR) is 104 cm³/mol. The van der Waals surface area contributed by atoms with Crippen molar-refractivity contribution in [1.29, 1.82) is 0 Å². The highest BCUT2D eigenvalue weighted by molar-refractivity contribution is 5.42. The number of hydrogen-bond donors (Lipinski definition) is 0. The third-order valence-corrected chi connectivity index (χ3v) is 6.29. The van der Waals surface area contributed by atoms with Crippen molar-refractivity contribution in [2.75, 3.05) is 0 Å². The number of non-ortho nitro benzene ring substituents is 1. The minimum Gasteiger partial charge on any atom is -0.258 e. The van der Waals surface area contributed by atoms with E-state index in [0.29, 0.717) is 0 Å². The van der Waals surface area contributed by atoms with Gasteiger partial charge in [-0.1, -0.05) is 70.2 Å². The molecular formula is C22H29NO2. The van der Waals surface area contributed by atoms with E-state index in [1.54, 1.807) is 12.1 Å². The number of nitrogens with zero attached hydrogens (tertiary/aromatic N) is 1. The average Bonchev–Trinajstić information content (AvgIpc) is 2.67. The normalized spacial score (nSPS) is 12.2. The molecule has 2 aromatic carbocycles. The van der Waals surface area contributed by atoms with Crippen molar-refractivity contribution in [3.8, 4) is 0 Å². The van der Waals surface area contributed by atoms with Crippen LogP contribution < -0.4 is 0 Å². The lowest BCUT2D eigenvalue weighted by molar-refractivity contribution is -0.384. The second kappa shape index (κ2) is 7.81. The van der Waals surface area contributed by atoms with Crippen molar-refractivity contribution >= 4 is 5.69 Å². The van der Waals surface area contributed by atoms with Crippen molar-refractivity contribution in [1.82, 2.24) is 0 Å². The van der Waals surface area contributed by atoms with Gasteiger partial charge in [-0.05, 0) is 36.8 Å². The van der Waals surface area contributed by atoms with Crippen LogP contribution in [0, 0.1) is 10.1 Å². The summed E-state index contributed by atoms with van der Waals surface area (Å²) in [6.45, 7) is 9.02. The van der Waals surface area contributed by atoms with Crippen molar-refractivity contribution < 1.29 is 4.92 Å². The Labute approximate surface area is 151 Å². The van der Waals surface area contributed by atoms with Gasteiger partial charge in [0.25, 0.3) is 5.69 Å². The minimum atomic E-state index is -0.326. The van der Waals surface area contributed by atoms with Crippen LogP contribution in [0.3, 0.4) is 0 Å². The Kier molecular flexibility index (Phi) is 5.99.